The zero-order valence-electron chi connectivity index (χ0n) is 11.3. The summed E-state index contributed by atoms with van der Waals surface area (Å²) in [6.45, 7) is 6.16. The van der Waals surface area contributed by atoms with Crippen molar-refractivity contribution < 1.29 is 4.39 Å². The Morgan fingerprint density at radius 1 is 1.25 bits per heavy atom. The minimum atomic E-state index is -0.244. The predicted molar refractivity (Wildman–Crippen MR) is 80.8 cm³/mol. The molecular weight excluding hydrogens is 255 g/mol. The van der Waals surface area contributed by atoms with Gasteiger partial charge in [-0.1, -0.05) is 18.7 Å². The molecule has 1 aromatic heterocycles. The normalized spacial score (nSPS) is 10.1. The van der Waals surface area contributed by atoms with Gasteiger partial charge in [-0.3, -0.25) is 0 Å². The summed E-state index contributed by atoms with van der Waals surface area (Å²) in [6.07, 6.45) is 0. The number of hydrogen-bond donors (Lipinski definition) is 3. The average Bonchev–Trinajstić information content (AvgIpc) is 2.40. The van der Waals surface area contributed by atoms with Crippen LogP contribution in [0.3, 0.4) is 0 Å². The highest BCUT2D eigenvalue weighted by Crippen LogP contribution is 2.20. The first-order valence-electron chi connectivity index (χ1n) is 6.22. The van der Waals surface area contributed by atoms with Crippen LogP contribution in [-0.4, -0.2) is 4.98 Å². The fourth-order valence-corrected chi connectivity index (χ4v) is 1.70. The van der Waals surface area contributed by atoms with Crippen LogP contribution in [0.4, 0.5) is 21.7 Å². The third-order valence-corrected chi connectivity index (χ3v) is 2.66. The van der Waals surface area contributed by atoms with E-state index in [1.807, 2.05) is 19.1 Å². The molecule has 2 rings (SSSR count). The van der Waals surface area contributed by atoms with Crippen molar-refractivity contribution in [2.75, 3.05) is 16.4 Å². The quantitative estimate of drug-likeness (QED) is 0.781. The van der Waals surface area contributed by atoms with Gasteiger partial charge in [0, 0.05) is 12.2 Å². The minimum absolute atomic E-state index is 0.244. The van der Waals surface area contributed by atoms with Crippen molar-refractivity contribution in [3.8, 4) is 0 Å². The molecule has 4 N–H and O–H groups in total. The van der Waals surface area contributed by atoms with E-state index in [0.29, 0.717) is 18.2 Å². The maximum Gasteiger partial charge on any atom is 0.149 e. The number of nitrogen functional groups attached to an aromatic ring is 1. The third kappa shape index (κ3) is 3.71. The van der Waals surface area contributed by atoms with Gasteiger partial charge in [0.25, 0.3) is 0 Å². The highest BCUT2D eigenvalue weighted by atomic mass is 19.1. The Kier molecular flexibility index (Phi) is 4.20. The van der Waals surface area contributed by atoms with Gasteiger partial charge in [-0.05, 0) is 36.8 Å². The standard InChI is InChI=1S/C15H17FN4/c1-10(2)19-13-7-8-14(20-15(13)17)18-9-11-3-5-12(16)6-4-11/h3-8,19H,1,9H2,2H3,(H3,17,18,20). The maximum atomic E-state index is 12.8. The summed E-state index contributed by atoms with van der Waals surface area (Å²) < 4.78 is 12.8. The van der Waals surface area contributed by atoms with Gasteiger partial charge >= 0.3 is 0 Å². The zero-order chi connectivity index (χ0) is 14.5. The number of anilines is 3. The molecule has 104 valence electrons. The lowest BCUT2D eigenvalue weighted by Crippen LogP contribution is -2.05. The lowest BCUT2D eigenvalue weighted by molar-refractivity contribution is 0.627. The molecule has 0 amide bonds. The molecule has 0 aliphatic rings. The maximum absolute atomic E-state index is 12.8. The van der Waals surface area contributed by atoms with Crippen LogP contribution in [0.25, 0.3) is 0 Å². The summed E-state index contributed by atoms with van der Waals surface area (Å²) in [4.78, 5) is 4.25. The summed E-state index contributed by atoms with van der Waals surface area (Å²) in [5.74, 6) is 0.822. The summed E-state index contributed by atoms with van der Waals surface area (Å²) >= 11 is 0. The van der Waals surface area contributed by atoms with Crippen LogP contribution < -0.4 is 16.4 Å². The van der Waals surface area contributed by atoms with Crippen LogP contribution in [0.15, 0.2) is 48.7 Å². The topological polar surface area (TPSA) is 63.0 Å². The number of aromatic nitrogens is 1. The van der Waals surface area contributed by atoms with Crippen LogP contribution in [0.1, 0.15) is 12.5 Å². The lowest BCUT2D eigenvalue weighted by Gasteiger charge is -2.11. The van der Waals surface area contributed by atoms with Crippen molar-refractivity contribution in [3.05, 3.63) is 60.1 Å². The third-order valence-electron chi connectivity index (χ3n) is 2.66. The Hall–Kier alpha value is -2.56. The number of benzene rings is 1. The van der Waals surface area contributed by atoms with E-state index >= 15 is 0 Å². The van der Waals surface area contributed by atoms with Crippen molar-refractivity contribution >= 4 is 17.3 Å². The van der Waals surface area contributed by atoms with E-state index < -0.39 is 0 Å². The largest absolute Gasteiger partial charge is 0.382 e. The van der Waals surface area contributed by atoms with E-state index in [1.54, 1.807) is 12.1 Å². The molecule has 0 atom stereocenters. The van der Waals surface area contributed by atoms with Crippen molar-refractivity contribution in [2.24, 2.45) is 0 Å². The van der Waals surface area contributed by atoms with Gasteiger partial charge < -0.3 is 16.4 Å². The molecule has 1 aromatic carbocycles. The van der Waals surface area contributed by atoms with Gasteiger partial charge in [0.15, 0.2) is 0 Å². The average molecular weight is 272 g/mol. The number of nitrogens with two attached hydrogens (primary N) is 1. The number of pyridine rings is 1. The summed E-state index contributed by atoms with van der Waals surface area (Å²) in [5.41, 5.74) is 8.35. The number of halogens is 1. The molecular formula is C15H17FN4. The second-order valence-electron chi connectivity index (χ2n) is 4.51. The van der Waals surface area contributed by atoms with Gasteiger partial charge in [-0.2, -0.15) is 0 Å². The minimum Gasteiger partial charge on any atom is -0.382 e. The molecule has 20 heavy (non-hydrogen) atoms. The second kappa shape index (κ2) is 6.06. The predicted octanol–water partition coefficient (Wildman–Crippen LogP) is 3.36. The smallest absolute Gasteiger partial charge is 0.149 e. The van der Waals surface area contributed by atoms with E-state index in [0.717, 1.165) is 16.9 Å². The van der Waals surface area contributed by atoms with Gasteiger partial charge in [0.05, 0.1) is 5.69 Å². The number of nitrogens with one attached hydrogen (secondary N) is 2. The molecule has 0 aliphatic carbocycles. The first kappa shape index (κ1) is 13.9. The SMILES string of the molecule is C=C(C)Nc1ccc(NCc2ccc(F)cc2)nc1N. The summed E-state index contributed by atoms with van der Waals surface area (Å²) in [6, 6.07) is 9.97. The zero-order valence-corrected chi connectivity index (χ0v) is 11.3. The number of nitrogens with zero attached hydrogens (tertiary/aromatic N) is 1. The molecule has 0 fully saturated rings. The van der Waals surface area contributed by atoms with Crippen LogP contribution in [0.5, 0.6) is 0 Å². The van der Waals surface area contributed by atoms with Crippen molar-refractivity contribution in [3.63, 3.8) is 0 Å². The van der Waals surface area contributed by atoms with Crippen LogP contribution in [0.2, 0.25) is 0 Å². The summed E-state index contributed by atoms with van der Waals surface area (Å²) in [5, 5.41) is 6.17. The Bertz CT molecular complexity index is 608. The number of allylic oxidation sites excluding steroid dienone is 1. The molecule has 0 saturated heterocycles. The molecule has 4 nitrogen and oxygen atoms in total. The number of rotatable bonds is 5. The Morgan fingerprint density at radius 2 is 1.95 bits per heavy atom. The van der Waals surface area contributed by atoms with Crippen molar-refractivity contribution in [1.29, 1.82) is 0 Å². The van der Waals surface area contributed by atoms with E-state index in [-0.39, 0.29) is 5.82 Å². The molecule has 5 heteroatoms. The highest BCUT2D eigenvalue weighted by Gasteiger charge is 2.02. The number of hydrogen-bond acceptors (Lipinski definition) is 4. The van der Waals surface area contributed by atoms with Gasteiger partial charge in [-0.15, -0.1) is 0 Å². The van der Waals surface area contributed by atoms with E-state index in [2.05, 4.69) is 22.2 Å². The lowest BCUT2D eigenvalue weighted by atomic mass is 10.2. The molecule has 0 saturated carbocycles. The molecule has 0 aliphatic heterocycles. The monoisotopic (exact) mass is 272 g/mol. The molecule has 0 unspecified atom stereocenters. The van der Waals surface area contributed by atoms with Crippen molar-refractivity contribution in [2.45, 2.75) is 13.5 Å². The fraction of sp³-hybridized carbons (Fsp3) is 0.133. The fourth-order valence-electron chi connectivity index (χ4n) is 1.70. The van der Waals surface area contributed by atoms with Gasteiger partial charge in [0.1, 0.15) is 17.5 Å². The first-order chi connectivity index (χ1) is 9.54. The first-order valence-corrected chi connectivity index (χ1v) is 6.22. The Labute approximate surface area is 117 Å². The summed E-state index contributed by atoms with van der Waals surface area (Å²) in [7, 11) is 0. The van der Waals surface area contributed by atoms with Crippen LogP contribution in [0, 0.1) is 5.82 Å². The molecule has 0 radical (unpaired) electrons. The van der Waals surface area contributed by atoms with E-state index in [4.69, 9.17) is 5.73 Å². The molecule has 1 heterocycles. The second-order valence-corrected chi connectivity index (χ2v) is 4.51. The van der Waals surface area contributed by atoms with E-state index in [1.165, 1.54) is 12.1 Å². The molecule has 2 aromatic rings. The van der Waals surface area contributed by atoms with Gasteiger partial charge in [-0.25, -0.2) is 9.37 Å². The van der Waals surface area contributed by atoms with E-state index in [9.17, 15) is 4.39 Å². The van der Waals surface area contributed by atoms with Gasteiger partial charge in [0.2, 0.25) is 0 Å². The van der Waals surface area contributed by atoms with Crippen molar-refractivity contribution in [1.82, 2.24) is 4.98 Å². The molecule has 0 spiro atoms. The molecule has 0 bridgehead atoms. The Balaban J connectivity index is 2.01. The Morgan fingerprint density at radius 3 is 2.55 bits per heavy atom. The van der Waals surface area contributed by atoms with Crippen LogP contribution >= 0.6 is 0 Å². The van der Waals surface area contributed by atoms with Crippen LogP contribution in [-0.2, 0) is 6.54 Å². The highest BCUT2D eigenvalue weighted by molar-refractivity contribution is 5.66.